The third-order valence-corrected chi connectivity index (χ3v) is 4.46. The molecular weight excluding hydrogens is 298 g/mol. The van der Waals surface area contributed by atoms with Crippen LogP contribution < -0.4 is 4.74 Å². The summed E-state index contributed by atoms with van der Waals surface area (Å²) in [5, 5.41) is 9.09. The monoisotopic (exact) mass is 319 g/mol. The first-order valence-electron chi connectivity index (χ1n) is 7.93. The Kier molecular flexibility index (Phi) is 4.52. The van der Waals surface area contributed by atoms with Gasteiger partial charge in [-0.05, 0) is 31.9 Å². The zero-order valence-electron chi connectivity index (χ0n) is 13.2. The molecule has 0 unspecified atom stereocenters. The number of fused-ring (bicyclic) bond motifs is 1. The maximum atomic E-state index is 12.8. The van der Waals surface area contributed by atoms with Crippen LogP contribution in [0.15, 0.2) is 18.2 Å². The molecule has 2 aliphatic heterocycles. The minimum atomic E-state index is -0.985. The Labute approximate surface area is 135 Å². The number of carbonyl (C=O) groups excluding carboxylic acids is 1. The first-order chi connectivity index (χ1) is 11.1. The van der Waals surface area contributed by atoms with E-state index in [9.17, 15) is 9.59 Å². The Morgan fingerprint density at radius 3 is 2.83 bits per heavy atom. The minimum Gasteiger partial charge on any atom is -0.491 e. The molecule has 23 heavy (non-hydrogen) atoms. The topological polar surface area (TPSA) is 76.1 Å². The van der Waals surface area contributed by atoms with Crippen molar-refractivity contribution in [1.29, 1.82) is 0 Å². The van der Waals surface area contributed by atoms with Crippen LogP contribution in [0.1, 0.15) is 35.7 Å². The fourth-order valence-corrected chi connectivity index (χ4v) is 3.06. The quantitative estimate of drug-likeness (QED) is 0.901. The van der Waals surface area contributed by atoms with Crippen LogP contribution >= 0.6 is 0 Å². The van der Waals surface area contributed by atoms with E-state index in [1.807, 2.05) is 11.8 Å². The molecule has 1 aromatic rings. The fraction of sp³-hybridized carbons (Fsp3) is 0.529. The van der Waals surface area contributed by atoms with Gasteiger partial charge in [-0.25, -0.2) is 4.79 Å². The number of aromatic carboxylic acids is 1. The van der Waals surface area contributed by atoms with Crippen LogP contribution in [0.25, 0.3) is 0 Å². The summed E-state index contributed by atoms with van der Waals surface area (Å²) in [5.41, 5.74) is 1.03. The lowest BCUT2D eigenvalue weighted by atomic mass is 9.99. The highest BCUT2D eigenvalue weighted by Crippen LogP contribution is 2.28. The average molecular weight is 319 g/mol. The summed E-state index contributed by atoms with van der Waals surface area (Å²) in [5.74, 6) is -0.435. The molecule has 2 aliphatic rings. The van der Waals surface area contributed by atoms with Crippen molar-refractivity contribution in [3.05, 3.63) is 29.3 Å². The Morgan fingerprint density at radius 2 is 2.13 bits per heavy atom. The van der Waals surface area contributed by atoms with Crippen molar-refractivity contribution in [3.8, 4) is 5.75 Å². The van der Waals surface area contributed by atoms with Crippen LogP contribution in [0.2, 0.25) is 0 Å². The number of hydrogen-bond donors (Lipinski definition) is 1. The van der Waals surface area contributed by atoms with Gasteiger partial charge in [0.05, 0.1) is 24.1 Å². The molecule has 0 saturated carbocycles. The largest absolute Gasteiger partial charge is 0.491 e. The number of rotatable bonds is 2. The Balaban J connectivity index is 1.82. The van der Waals surface area contributed by atoms with Crippen LogP contribution in [0.5, 0.6) is 5.75 Å². The molecule has 6 heteroatoms. The summed E-state index contributed by atoms with van der Waals surface area (Å²) in [6.45, 7) is 3.95. The Bertz CT molecular complexity index is 609. The molecule has 124 valence electrons. The van der Waals surface area contributed by atoms with Crippen LogP contribution in [0, 0.1) is 5.92 Å². The van der Waals surface area contributed by atoms with E-state index in [2.05, 4.69) is 0 Å². The van der Waals surface area contributed by atoms with Gasteiger partial charge in [0.1, 0.15) is 12.4 Å². The molecule has 0 aliphatic carbocycles. The second-order valence-electron chi connectivity index (χ2n) is 6.17. The third-order valence-electron chi connectivity index (χ3n) is 4.46. The summed E-state index contributed by atoms with van der Waals surface area (Å²) in [6, 6.07) is 4.74. The lowest BCUT2D eigenvalue weighted by molar-refractivity contribution is -0.142. The van der Waals surface area contributed by atoms with Crippen molar-refractivity contribution >= 4 is 11.9 Å². The number of carboxylic acid groups (broad SMARTS) is 1. The SMILES string of the molecule is C[C@H]1COc2cc(C(=O)O)ccc2CN1C(=O)[C@@H]1CCCOC1. The highest BCUT2D eigenvalue weighted by molar-refractivity contribution is 5.88. The summed E-state index contributed by atoms with van der Waals surface area (Å²) >= 11 is 0. The molecule has 1 aromatic carbocycles. The smallest absolute Gasteiger partial charge is 0.335 e. The van der Waals surface area contributed by atoms with Gasteiger partial charge >= 0.3 is 5.97 Å². The molecule has 2 heterocycles. The van der Waals surface area contributed by atoms with Crippen LogP contribution in [-0.2, 0) is 16.1 Å². The van der Waals surface area contributed by atoms with E-state index in [-0.39, 0.29) is 23.4 Å². The van der Waals surface area contributed by atoms with Gasteiger partial charge in [0, 0.05) is 18.7 Å². The van der Waals surface area contributed by atoms with E-state index in [0.29, 0.717) is 25.5 Å². The van der Waals surface area contributed by atoms with E-state index < -0.39 is 5.97 Å². The molecule has 3 rings (SSSR count). The van der Waals surface area contributed by atoms with Gasteiger partial charge < -0.3 is 19.5 Å². The van der Waals surface area contributed by atoms with E-state index in [4.69, 9.17) is 14.6 Å². The highest BCUT2D eigenvalue weighted by Gasteiger charge is 2.32. The number of hydrogen-bond acceptors (Lipinski definition) is 4. The predicted octanol–water partition coefficient (Wildman–Crippen LogP) is 1.92. The molecule has 0 spiro atoms. The highest BCUT2D eigenvalue weighted by atomic mass is 16.5. The molecular formula is C17H21NO5. The number of benzene rings is 1. The predicted molar refractivity (Wildman–Crippen MR) is 82.5 cm³/mol. The fourth-order valence-electron chi connectivity index (χ4n) is 3.06. The number of carboxylic acids is 1. The first kappa shape index (κ1) is 15.8. The molecule has 0 bridgehead atoms. The van der Waals surface area contributed by atoms with Gasteiger partial charge in [-0.1, -0.05) is 6.07 Å². The van der Waals surface area contributed by atoms with Crippen molar-refractivity contribution in [2.45, 2.75) is 32.4 Å². The normalized spacial score (nSPS) is 24.3. The lowest BCUT2D eigenvalue weighted by Gasteiger charge is -2.31. The second-order valence-corrected chi connectivity index (χ2v) is 6.17. The van der Waals surface area contributed by atoms with Crippen LogP contribution in [0.4, 0.5) is 0 Å². The van der Waals surface area contributed by atoms with Gasteiger partial charge in [-0.15, -0.1) is 0 Å². The van der Waals surface area contributed by atoms with E-state index >= 15 is 0 Å². The first-order valence-corrected chi connectivity index (χ1v) is 7.93. The average Bonchev–Trinajstić information content (AvgIpc) is 2.74. The molecule has 1 amide bonds. The van der Waals surface area contributed by atoms with Crippen molar-refractivity contribution in [2.24, 2.45) is 5.92 Å². The molecule has 0 aromatic heterocycles. The van der Waals surface area contributed by atoms with E-state index in [0.717, 1.165) is 25.0 Å². The molecule has 1 saturated heterocycles. The molecule has 1 N–H and O–H groups in total. The molecule has 0 radical (unpaired) electrons. The molecule has 2 atom stereocenters. The summed E-state index contributed by atoms with van der Waals surface area (Å²) < 4.78 is 11.2. The Morgan fingerprint density at radius 1 is 1.30 bits per heavy atom. The van der Waals surface area contributed by atoms with Gasteiger partial charge in [0.2, 0.25) is 5.91 Å². The summed E-state index contributed by atoms with van der Waals surface area (Å²) in [4.78, 5) is 25.7. The van der Waals surface area contributed by atoms with Crippen molar-refractivity contribution in [2.75, 3.05) is 19.8 Å². The van der Waals surface area contributed by atoms with Crippen molar-refractivity contribution in [3.63, 3.8) is 0 Å². The maximum Gasteiger partial charge on any atom is 0.335 e. The van der Waals surface area contributed by atoms with Crippen molar-refractivity contribution in [1.82, 2.24) is 4.90 Å². The molecule has 1 fully saturated rings. The van der Waals surface area contributed by atoms with Crippen LogP contribution in [0.3, 0.4) is 0 Å². The van der Waals surface area contributed by atoms with Gasteiger partial charge in [-0.3, -0.25) is 4.79 Å². The van der Waals surface area contributed by atoms with Crippen LogP contribution in [-0.4, -0.2) is 47.7 Å². The second kappa shape index (κ2) is 6.58. The lowest BCUT2D eigenvalue weighted by Crippen LogP contribution is -2.45. The summed E-state index contributed by atoms with van der Waals surface area (Å²) in [6.07, 6.45) is 1.77. The van der Waals surface area contributed by atoms with Crippen molar-refractivity contribution < 1.29 is 24.2 Å². The number of nitrogens with zero attached hydrogens (tertiary/aromatic N) is 1. The standard InChI is InChI=1S/C17H21NO5/c1-11-9-23-15-7-12(17(20)21)4-5-13(15)8-18(11)16(19)14-3-2-6-22-10-14/h4-5,7,11,14H,2-3,6,8-10H2,1H3,(H,20,21)/t11-,14+/m0/s1. The van der Waals surface area contributed by atoms with E-state index in [1.165, 1.54) is 6.07 Å². The van der Waals surface area contributed by atoms with E-state index in [1.54, 1.807) is 12.1 Å². The third kappa shape index (κ3) is 3.32. The zero-order chi connectivity index (χ0) is 16.4. The number of carbonyl (C=O) groups is 2. The zero-order valence-corrected chi connectivity index (χ0v) is 13.2. The number of amides is 1. The minimum absolute atomic E-state index is 0.0647. The number of ether oxygens (including phenoxy) is 2. The van der Waals surface area contributed by atoms with Gasteiger partial charge in [0.15, 0.2) is 0 Å². The Hall–Kier alpha value is -2.08. The summed E-state index contributed by atoms with van der Waals surface area (Å²) in [7, 11) is 0. The van der Waals surface area contributed by atoms with Gasteiger partial charge in [0.25, 0.3) is 0 Å². The van der Waals surface area contributed by atoms with Gasteiger partial charge in [-0.2, -0.15) is 0 Å². The maximum absolute atomic E-state index is 12.8. The molecule has 6 nitrogen and oxygen atoms in total.